The number of rotatable bonds is 9. The molecular formula is C27H40F2. The van der Waals surface area contributed by atoms with Gasteiger partial charge in [0.15, 0.2) is 0 Å². The van der Waals surface area contributed by atoms with E-state index in [9.17, 15) is 8.78 Å². The molecule has 0 spiro atoms. The Kier molecular flexibility index (Phi) is 9.21. The Morgan fingerprint density at radius 1 is 0.793 bits per heavy atom. The molecule has 29 heavy (non-hydrogen) atoms. The molecule has 2 fully saturated rings. The topological polar surface area (TPSA) is 0 Å². The highest BCUT2D eigenvalue weighted by Gasteiger charge is 2.31. The fraction of sp³-hybridized carbons (Fsp3) is 0.704. The molecule has 0 aromatic heterocycles. The highest BCUT2D eigenvalue weighted by Crippen LogP contribution is 2.44. The molecule has 0 radical (unpaired) electrons. The van der Waals surface area contributed by atoms with Crippen molar-refractivity contribution in [2.45, 2.75) is 103 Å². The van der Waals surface area contributed by atoms with E-state index >= 15 is 0 Å². The Hall–Kier alpha value is -1.18. The molecule has 0 atom stereocenters. The van der Waals surface area contributed by atoms with Crippen molar-refractivity contribution in [1.29, 1.82) is 0 Å². The van der Waals surface area contributed by atoms with E-state index in [1.54, 1.807) is 0 Å². The lowest BCUT2D eigenvalue weighted by molar-refractivity contribution is 0.155. The number of hydrogen-bond acceptors (Lipinski definition) is 0. The SMILES string of the molecule is CCCCCCCC1CCC(C2CCC(c3ccc(C=C(F)F)cc3)CC2)CC1. The van der Waals surface area contributed by atoms with Crippen molar-refractivity contribution in [3.8, 4) is 0 Å². The van der Waals surface area contributed by atoms with Gasteiger partial charge in [-0.25, -0.2) is 0 Å². The Morgan fingerprint density at radius 2 is 1.38 bits per heavy atom. The molecule has 0 unspecified atom stereocenters. The van der Waals surface area contributed by atoms with E-state index in [0.29, 0.717) is 11.5 Å². The van der Waals surface area contributed by atoms with E-state index in [1.807, 2.05) is 12.1 Å². The molecule has 2 saturated carbocycles. The fourth-order valence-corrected chi connectivity index (χ4v) is 5.90. The molecule has 0 N–H and O–H groups in total. The number of benzene rings is 1. The summed E-state index contributed by atoms with van der Waals surface area (Å²) in [6, 6.07) is 7.80. The molecule has 1 aromatic rings. The van der Waals surface area contributed by atoms with Crippen molar-refractivity contribution in [2.24, 2.45) is 17.8 Å². The highest BCUT2D eigenvalue weighted by molar-refractivity contribution is 5.50. The maximum atomic E-state index is 12.4. The first-order valence-corrected chi connectivity index (χ1v) is 12.3. The van der Waals surface area contributed by atoms with Crippen molar-refractivity contribution in [2.75, 3.05) is 0 Å². The summed E-state index contributed by atoms with van der Waals surface area (Å²) in [4.78, 5) is 0. The minimum Gasteiger partial charge on any atom is -0.173 e. The quantitative estimate of drug-likeness (QED) is 0.361. The Labute approximate surface area is 177 Å². The van der Waals surface area contributed by atoms with E-state index in [0.717, 1.165) is 23.8 Å². The lowest BCUT2D eigenvalue weighted by Crippen LogP contribution is -2.25. The van der Waals surface area contributed by atoms with Crippen molar-refractivity contribution >= 4 is 6.08 Å². The van der Waals surface area contributed by atoms with Crippen LogP contribution in [0.2, 0.25) is 0 Å². The normalized spacial score (nSPS) is 27.6. The van der Waals surface area contributed by atoms with Gasteiger partial charge in [0.25, 0.3) is 6.08 Å². The molecule has 2 heteroatoms. The second-order valence-corrected chi connectivity index (χ2v) is 9.70. The van der Waals surface area contributed by atoms with E-state index < -0.39 is 6.08 Å². The molecule has 162 valence electrons. The largest absolute Gasteiger partial charge is 0.270 e. The predicted molar refractivity (Wildman–Crippen MR) is 120 cm³/mol. The first kappa shape index (κ1) is 22.5. The summed E-state index contributed by atoms with van der Waals surface area (Å²) in [5, 5.41) is 0. The van der Waals surface area contributed by atoms with Crippen LogP contribution in [-0.2, 0) is 0 Å². The summed E-state index contributed by atoms with van der Waals surface area (Å²) in [7, 11) is 0. The van der Waals surface area contributed by atoms with Gasteiger partial charge in [-0.15, -0.1) is 0 Å². The minimum absolute atomic E-state index is 0.601. The van der Waals surface area contributed by atoms with Gasteiger partial charge in [-0.3, -0.25) is 0 Å². The average Bonchev–Trinajstić information content (AvgIpc) is 2.74. The van der Waals surface area contributed by atoms with Crippen molar-refractivity contribution < 1.29 is 8.78 Å². The average molecular weight is 403 g/mol. The molecule has 1 aromatic carbocycles. The van der Waals surface area contributed by atoms with Gasteiger partial charge in [-0.1, -0.05) is 82.6 Å². The number of hydrogen-bond donors (Lipinski definition) is 0. The Bertz CT molecular complexity index is 598. The maximum Gasteiger partial charge on any atom is 0.270 e. The maximum absolute atomic E-state index is 12.4. The third kappa shape index (κ3) is 7.23. The van der Waals surface area contributed by atoms with Crippen molar-refractivity contribution in [3.63, 3.8) is 0 Å². The van der Waals surface area contributed by atoms with Crippen LogP contribution < -0.4 is 0 Å². The summed E-state index contributed by atoms with van der Waals surface area (Å²) >= 11 is 0. The third-order valence-corrected chi connectivity index (χ3v) is 7.73. The lowest BCUT2D eigenvalue weighted by atomic mass is 9.68. The van der Waals surface area contributed by atoms with Crippen LogP contribution in [0.3, 0.4) is 0 Å². The first-order chi connectivity index (χ1) is 14.2. The molecule has 0 nitrogen and oxygen atoms in total. The molecule has 0 heterocycles. The summed E-state index contributed by atoms with van der Waals surface area (Å²) < 4.78 is 24.8. The van der Waals surface area contributed by atoms with Crippen LogP contribution in [0.1, 0.15) is 114 Å². The number of halogens is 2. The van der Waals surface area contributed by atoms with E-state index in [-0.39, 0.29) is 0 Å². The fourth-order valence-electron chi connectivity index (χ4n) is 5.90. The standard InChI is InChI=1S/C27H40F2/c1-2-3-4-5-6-7-21-8-12-23(13-9-21)25-16-18-26(19-17-25)24-14-10-22(11-15-24)20-27(28)29/h10-11,14-15,20-21,23,25-26H,2-9,12-13,16-19H2,1H3. The summed E-state index contributed by atoms with van der Waals surface area (Å²) in [5.41, 5.74) is 1.94. The van der Waals surface area contributed by atoms with Gasteiger partial charge in [-0.05, 0) is 73.3 Å². The van der Waals surface area contributed by atoms with Gasteiger partial charge in [0, 0.05) is 6.08 Å². The number of unbranched alkanes of at least 4 members (excludes halogenated alkanes) is 4. The minimum atomic E-state index is -1.62. The van der Waals surface area contributed by atoms with Crippen LogP contribution in [0, 0.1) is 17.8 Å². The van der Waals surface area contributed by atoms with Gasteiger partial charge >= 0.3 is 0 Å². The third-order valence-electron chi connectivity index (χ3n) is 7.73. The monoisotopic (exact) mass is 402 g/mol. The van der Waals surface area contributed by atoms with Crippen molar-refractivity contribution in [1.82, 2.24) is 0 Å². The van der Waals surface area contributed by atoms with Gasteiger partial charge < -0.3 is 0 Å². The molecule has 0 saturated heterocycles. The van der Waals surface area contributed by atoms with E-state index in [2.05, 4.69) is 19.1 Å². The zero-order valence-corrected chi connectivity index (χ0v) is 18.4. The van der Waals surface area contributed by atoms with Crippen LogP contribution in [0.15, 0.2) is 30.3 Å². The molecule has 0 bridgehead atoms. The molecule has 0 amide bonds. The van der Waals surface area contributed by atoms with Gasteiger partial charge in [0.05, 0.1) is 0 Å². The van der Waals surface area contributed by atoms with Gasteiger partial charge in [0.2, 0.25) is 0 Å². The van der Waals surface area contributed by atoms with Crippen molar-refractivity contribution in [3.05, 3.63) is 41.5 Å². The van der Waals surface area contributed by atoms with Crippen LogP contribution in [0.4, 0.5) is 8.78 Å². The molecular weight excluding hydrogens is 362 g/mol. The molecule has 2 aliphatic rings. The summed E-state index contributed by atoms with van der Waals surface area (Å²) in [6.07, 6.45) is 19.0. The van der Waals surface area contributed by atoms with Crippen LogP contribution in [0.25, 0.3) is 6.08 Å². The Morgan fingerprint density at radius 3 is 1.97 bits per heavy atom. The smallest absolute Gasteiger partial charge is 0.173 e. The van der Waals surface area contributed by atoms with E-state index in [1.165, 1.54) is 95.5 Å². The Balaban J connectivity index is 1.36. The van der Waals surface area contributed by atoms with Gasteiger partial charge in [0.1, 0.15) is 0 Å². The summed E-state index contributed by atoms with van der Waals surface area (Å²) in [5.74, 6) is 3.52. The zero-order chi connectivity index (χ0) is 20.5. The molecule has 3 rings (SSSR count). The van der Waals surface area contributed by atoms with Gasteiger partial charge in [-0.2, -0.15) is 8.78 Å². The van der Waals surface area contributed by atoms with Crippen LogP contribution >= 0.6 is 0 Å². The summed E-state index contributed by atoms with van der Waals surface area (Å²) in [6.45, 7) is 2.29. The zero-order valence-electron chi connectivity index (χ0n) is 18.4. The van der Waals surface area contributed by atoms with Crippen LogP contribution in [0.5, 0.6) is 0 Å². The second kappa shape index (κ2) is 11.9. The van der Waals surface area contributed by atoms with E-state index in [4.69, 9.17) is 0 Å². The second-order valence-electron chi connectivity index (χ2n) is 9.70. The first-order valence-electron chi connectivity index (χ1n) is 12.3. The molecule has 2 aliphatic carbocycles. The lowest BCUT2D eigenvalue weighted by Gasteiger charge is -2.38. The van der Waals surface area contributed by atoms with Crippen LogP contribution in [-0.4, -0.2) is 0 Å². The highest BCUT2D eigenvalue weighted by atomic mass is 19.3. The predicted octanol–water partition coefficient (Wildman–Crippen LogP) is 9.36. The molecule has 0 aliphatic heterocycles.